The molecule has 0 spiro atoms. The standard InChI is InChI=1S/C52H31N3O2/c1-3-13-31(14-4-1)33-25-27-37-42(29-33)35-17-7-8-18-36(35)47(37)34-26-28-39-46(30-34)57-45-24-12-21-41(49(39)45)52-54-50(32-15-5-2-6-16-32)53-51(55-52)40-20-11-23-44-48(40)38-19-9-10-22-43(38)56-44/h1-30,47H. The van der Waals surface area contributed by atoms with Gasteiger partial charge in [0.15, 0.2) is 17.5 Å². The summed E-state index contributed by atoms with van der Waals surface area (Å²) >= 11 is 0. The number of benzene rings is 8. The van der Waals surface area contributed by atoms with Crippen molar-refractivity contribution < 1.29 is 8.83 Å². The Labute approximate surface area is 327 Å². The zero-order valence-corrected chi connectivity index (χ0v) is 30.6. The molecule has 1 aliphatic rings. The van der Waals surface area contributed by atoms with Crippen LogP contribution >= 0.6 is 0 Å². The Hall–Kier alpha value is -7.63. The zero-order valence-electron chi connectivity index (χ0n) is 30.6. The second-order valence-corrected chi connectivity index (χ2v) is 14.7. The molecular formula is C52H31N3O2. The number of fused-ring (bicyclic) bond motifs is 9. The highest BCUT2D eigenvalue weighted by atomic mass is 16.3. The van der Waals surface area contributed by atoms with E-state index in [9.17, 15) is 0 Å². The van der Waals surface area contributed by atoms with Crippen LogP contribution < -0.4 is 0 Å². The van der Waals surface area contributed by atoms with Gasteiger partial charge in [-0.1, -0.05) is 152 Å². The fourth-order valence-corrected chi connectivity index (χ4v) is 8.87. The van der Waals surface area contributed by atoms with E-state index in [2.05, 4.69) is 109 Å². The van der Waals surface area contributed by atoms with Crippen molar-refractivity contribution >= 4 is 43.9 Å². The number of para-hydroxylation sites is 1. The molecule has 1 atom stereocenters. The molecule has 0 amide bonds. The van der Waals surface area contributed by atoms with Crippen LogP contribution in [0.25, 0.3) is 100 Å². The number of nitrogens with zero attached hydrogens (tertiary/aromatic N) is 3. The lowest BCUT2D eigenvalue weighted by molar-refractivity contribution is 0.668. The van der Waals surface area contributed by atoms with Crippen molar-refractivity contribution in [2.45, 2.75) is 5.92 Å². The molecule has 0 radical (unpaired) electrons. The number of aromatic nitrogens is 3. The maximum Gasteiger partial charge on any atom is 0.164 e. The number of hydrogen-bond donors (Lipinski definition) is 0. The van der Waals surface area contributed by atoms with Gasteiger partial charge in [-0.3, -0.25) is 0 Å². The highest BCUT2D eigenvalue weighted by Gasteiger charge is 2.31. The lowest BCUT2D eigenvalue weighted by Gasteiger charge is -2.15. The fourth-order valence-electron chi connectivity index (χ4n) is 8.87. The predicted octanol–water partition coefficient (Wildman–Crippen LogP) is 13.5. The molecule has 57 heavy (non-hydrogen) atoms. The van der Waals surface area contributed by atoms with Gasteiger partial charge < -0.3 is 8.83 Å². The van der Waals surface area contributed by atoms with Gasteiger partial charge in [-0.25, -0.2) is 15.0 Å². The average Bonchev–Trinajstić information content (AvgIpc) is 3.96. The highest BCUT2D eigenvalue weighted by Crippen LogP contribution is 2.50. The summed E-state index contributed by atoms with van der Waals surface area (Å²) in [5.41, 5.74) is 14.7. The van der Waals surface area contributed by atoms with Crippen molar-refractivity contribution in [1.82, 2.24) is 15.0 Å². The van der Waals surface area contributed by atoms with Crippen molar-refractivity contribution in [3.63, 3.8) is 0 Å². The third-order valence-corrected chi connectivity index (χ3v) is 11.4. The van der Waals surface area contributed by atoms with Crippen LogP contribution in [0.1, 0.15) is 22.6 Å². The normalized spacial score (nSPS) is 13.4. The van der Waals surface area contributed by atoms with Crippen molar-refractivity contribution in [3.8, 4) is 56.4 Å². The maximum atomic E-state index is 6.71. The first-order valence-corrected chi connectivity index (χ1v) is 19.2. The summed E-state index contributed by atoms with van der Waals surface area (Å²) in [6.45, 7) is 0. The van der Waals surface area contributed by atoms with Gasteiger partial charge in [0.05, 0.1) is 0 Å². The number of hydrogen-bond acceptors (Lipinski definition) is 5. The minimum Gasteiger partial charge on any atom is -0.456 e. The molecule has 0 saturated carbocycles. The molecule has 266 valence electrons. The molecule has 12 rings (SSSR count). The van der Waals surface area contributed by atoms with Gasteiger partial charge in [0, 0.05) is 44.2 Å². The topological polar surface area (TPSA) is 65.0 Å². The number of furan rings is 2. The minimum atomic E-state index is 0.0827. The van der Waals surface area contributed by atoms with E-state index < -0.39 is 0 Å². The third kappa shape index (κ3) is 4.99. The molecule has 0 fully saturated rings. The van der Waals surface area contributed by atoms with Crippen LogP contribution in [-0.4, -0.2) is 15.0 Å². The van der Waals surface area contributed by atoms with Crippen molar-refractivity contribution in [2.24, 2.45) is 0 Å². The Morgan fingerprint density at radius 3 is 1.65 bits per heavy atom. The van der Waals surface area contributed by atoms with Crippen LogP contribution in [-0.2, 0) is 0 Å². The summed E-state index contributed by atoms with van der Waals surface area (Å²) in [5, 5.41) is 3.99. The Morgan fingerprint density at radius 1 is 0.333 bits per heavy atom. The molecule has 5 heteroatoms. The molecule has 11 aromatic rings. The van der Waals surface area contributed by atoms with Crippen molar-refractivity contribution in [1.29, 1.82) is 0 Å². The van der Waals surface area contributed by atoms with Gasteiger partial charge in [-0.05, 0) is 69.3 Å². The van der Waals surface area contributed by atoms with Crippen molar-refractivity contribution in [3.05, 3.63) is 199 Å². The first-order valence-electron chi connectivity index (χ1n) is 19.2. The maximum absolute atomic E-state index is 6.71. The van der Waals surface area contributed by atoms with E-state index in [0.717, 1.165) is 60.6 Å². The predicted molar refractivity (Wildman–Crippen MR) is 229 cm³/mol. The summed E-state index contributed by atoms with van der Waals surface area (Å²) in [6.07, 6.45) is 0. The summed E-state index contributed by atoms with van der Waals surface area (Å²) in [4.78, 5) is 15.5. The van der Waals surface area contributed by atoms with Crippen LogP contribution in [0.3, 0.4) is 0 Å². The van der Waals surface area contributed by atoms with Crippen LogP contribution in [0.15, 0.2) is 191 Å². The summed E-state index contributed by atoms with van der Waals surface area (Å²) in [5.74, 6) is 1.84. The summed E-state index contributed by atoms with van der Waals surface area (Å²) < 4.78 is 13.0. The van der Waals surface area contributed by atoms with E-state index in [1.54, 1.807) is 0 Å². The van der Waals surface area contributed by atoms with Crippen molar-refractivity contribution in [2.75, 3.05) is 0 Å². The van der Waals surface area contributed by atoms with E-state index >= 15 is 0 Å². The Balaban J connectivity index is 1.02. The first kappa shape index (κ1) is 31.7. The Kier molecular flexibility index (Phi) is 6.92. The van der Waals surface area contributed by atoms with E-state index in [0.29, 0.717) is 17.5 Å². The molecule has 8 aromatic carbocycles. The molecule has 3 aromatic heterocycles. The zero-order chi connectivity index (χ0) is 37.5. The van der Waals surface area contributed by atoms with E-state index in [-0.39, 0.29) is 5.92 Å². The SMILES string of the molecule is c1ccc(-c2ccc3c(c2)-c2ccccc2C3c2ccc3c(c2)oc2cccc(-c4nc(-c5ccccc5)nc(-c5cccc6oc7ccccc7c56)n4)c23)cc1. The number of rotatable bonds is 5. The lowest BCUT2D eigenvalue weighted by atomic mass is 9.88. The molecule has 0 N–H and O–H groups in total. The second kappa shape index (κ2) is 12.4. The van der Waals surface area contributed by atoms with Gasteiger partial charge in [0.25, 0.3) is 0 Å². The Morgan fingerprint density at radius 2 is 0.895 bits per heavy atom. The molecule has 0 aliphatic heterocycles. The van der Waals surface area contributed by atoms with Crippen LogP contribution in [0.4, 0.5) is 0 Å². The molecule has 3 heterocycles. The molecular weight excluding hydrogens is 699 g/mol. The van der Waals surface area contributed by atoms with Crippen LogP contribution in [0.5, 0.6) is 0 Å². The van der Waals surface area contributed by atoms with E-state index in [1.165, 1.54) is 38.9 Å². The van der Waals surface area contributed by atoms with E-state index in [4.69, 9.17) is 23.8 Å². The molecule has 1 aliphatic carbocycles. The summed E-state index contributed by atoms with van der Waals surface area (Å²) in [6, 6.07) is 63.4. The smallest absolute Gasteiger partial charge is 0.164 e. The first-order chi connectivity index (χ1) is 28.2. The van der Waals surface area contributed by atoms with Gasteiger partial charge in [-0.15, -0.1) is 0 Å². The third-order valence-electron chi connectivity index (χ3n) is 11.4. The fraction of sp³-hybridized carbons (Fsp3) is 0.0192. The Bertz CT molecular complexity index is 3360. The second-order valence-electron chi connectivity index (χ2n) is 14.7. The highest BCUT2D eigenvalue weighted by molar-refractivity contribution is 6.13. The monoisotopic (exact) mass is 729 g/mol. The largest absolute Gasteiger partial charge is 0.456 e. The molecule has 0 saturated heterocycles. The molecule has 0 bridgehead atoms. The van der Waals surface area contributed by atoms with Crippen LogP contribution in [0.2, 0.25) is 0 Å². The van der Waals surface area contributed by atoms with Gasteiger partial charge in [-0.2, -0.15) is 0 Å². The lowest BCUT2D eigenvalue weighted by Crippen LogP contribution is -2.00. The van der Waals surface area contributed by atoms with E-state index in [1.807, 2.05) is 72.8 Å². The quantitative estimate of drug-likeness (QED) is 0.176. The average molecular weight is 730 g/mol. The van der Waals surface area contributed by atoms with Crippen LogP contribution in [0, 0.1) is 0 Å². The van der Waals surface area contributed by atoms with Gasteiger partial charge in [0.1, 0.15) is 22.3 Å². The summed E-state index contributed by atoms with van der Waals surface area (Å²) in [7, 11) is 0. The minimum absolute atomic E-state index is 0.0827. The molecule has 5 nitrogen and oxygen atoms in total. The van der Waals surface area contributed by atoms with Gasteiger partial charge >= 0.3 is 0 Å². The molecule has 1 unspecified atom stereocenters. The van der Waals surface area contributed by atoms with Gasteiger partial charge in [0.2, 0.25) is 0 Å².